The predicted molar refractivity (Wildman–Crippen MR) is 73.0 cm³/mol. The van der Waals surface area contributed by atoms with Crippen LogP contribution in [0.5, 0.6) is 0 Å². The number of pyridine rings is 1. The average Bonchev–Trinajstić information content (AvgIpc) is 3.04. The van der Waals surface area contributed by atoms with Crippen molar-refractivity contribution < 1.29 is 0 Å². The first-order valence-corrected chi connectivity index (χ1v) is 6.91. The molecule has 1 aromatic carbocycles. The third-order valence-corrected chi connectivity index (χ3v) is 4.85. The third-order valence-electron chi connectivity index (χ3n) is 4.85. The van der Waals surface area contributed by atoms with E-state index in [-0.39, 0.29) is 6.04 Å². The minimum atomic E-state index is 0.163. The van der Waals surface area contributed by atoms with E-state index in [4.69, 9.17) is 5.73 Å². The molecule has 2 heteroatoms. The van der Waals surface area contributed by atoms with Gasteiger partial charge in [-0.05, 0) is 48.0 Å². The number of aromatic nitrogens is 1. The Morgan fingerprint density at radius 3 is 2.67 bits per heavy atom. The highest BCUT2D eigenvalue weighted by Gasteiger charge is 2.47. The van der Waals surface area contributed by atoms with Crippen molar-refractivity contribution in [2.75, 3.05) is 0 Å². The van der Waals surface area contributed by atoms with E-state index >= 15 is 0 Å². The lowest BCUT2D eigenvalue weighted by Gasteiger charge is -2.22. The lowest BCUT2D eigenvalue weighted by Crippen LogP contribution is -2.20. The summed E-state index contributed by atoms with van der Waals surface area (Å²) in [7, 11) is 0. The number of hydrogen-bond donors (Lipinski definition) is 1. The van der Waals surface area contributed by atoms with Crippen LogP contribution < -0.4 is 5.73 Å². The van der Waals surface area contributed by atoms with Crippen molar-refractivity contribution >= 4 is 10.8 Å². The normalized spacial score (nSPS) is 31.3. The molecule has 0 aliphatic heterocycles. The fourth-order valence-electron chi connectivity index (χ4n) is 3.71. The van der Waals surface area contributed by atoms with Gasteiger partial charge in [-0.25, -0.2) is 0 Å². The second kappa shape index (κ2) is 3.79. The highest BCUT2D eigenvalue weighted by Crippen LogP contribution is 2.56. The molecule has 4 rings (SSSR count). The van der Waals surface area contributed by atoms with Crippen molar-refractivity contribution in [2.24, 2.45) is 23.5 Å². The van der Waals surface area contributed by atoms with Gasteiger partial charge in [0.1, 0.15) is 0 Å². The van der Waals surface area contributed by atoms with E-state index in [1.807, 2.05) is 12.4 Å². The predicted octanol–water partition coefficient (Wildman–Crippen LogP) is 3.28. The Morgan fingerprint density at radius 1 is 1.06 bits per heavy atom. The summed E-state index contributed by atoms with van der Waals surface area (Å²) in [5.41, 5.74) is 7.74. The maximum atomic E-state index is 6.51. The van der Waals surface area contributed by atoms with Crippen LogP contribution in [-0.4, -0.2) is 4.98 Å². The molecule has 2 saturated carbocycles. The molecule has 2 aliphatic rings. The summed E-state index contributed by atoms with van der Waals surface area (Å²) < 4.78 is 0. The Bertz CT molecular complexity index is 577. The maximum Gasteiger partial charge on any atom is 0.0346 e. The van der Waals surface area contributed by atoms with Gasteiger partial charge in [0, 0.05) is 23.8 Å². The third kappa shape index (κ3) is 1.56. The Balaban J connectivity index is 1.72. The first-order valence-electron chi connectivity index (χ1n) is 6.91. The van der Waals surface area contributed by atoms with Crippen LogP contribution in [0.3, 0.4) is 0 Å². The van der Waals surface area contributed by atoms with Gasteiger partial charge in [-0.3, -0.25) is 4.98 Å². The summed E-state index contributed by atoms with van der Waals surface area (Å²) in [4.78, 5) is 4.36. The van der Waals surface area contributed by atoms with Crippen LogP contribution in [0.15, 0.2) is 36.7 Å². The minimum absolute atomic E-state index is 0.163. The van der Waals surface area contributed by atoms with Crippen molar-refractivity contribution in [3.63, 3.8) is 0 Å². The molecular weight excluding hydrogens is 220 g/mol. The summed E-state index contributed by atoms with van der Waals surface area (Å²) >= 11 is 0. The Labute approximate surface area is 107 Å². The molecule has 0 spiro atoms. The molecule has 3 unspecified atom stereocenters. The van der Waals surface area contributed by atoms with Gasteiger partial charge in [0.25, 0.3) is 0 Å². The van der Waals surface area contributed by atoms with Crippen LogP contribution in [0, 0.1) is 17.8 Å². The fraction of sp³-hybridized carbons (Fsp3) is 0.438. The van der Waals surface area contributed by atoms with Crippen molar-refractivity contribution in [1.82, 2.24) is 4.98 Å². The molecule has 1 aromatic heterocycles. The van der Waals surface area contributed by atoms with E-state index in [0.717, 1.165) is 11.8 Å². The van der Waals surface area contributed by atoms with Crippen molar-refractivity contribution in [2.45, 2.75) is 25.3 Å². The van der Waals surface area contributed by atoms with Gasteiger partial charge in [0.15, 0.2) is 0 Å². The van der Waals surface area contributed by atoms with Crippen LogP contribution in [-0.2, 0) is 0 Å². The molecule has 2 fully saturated rings. The number of nitrogens with two attached hydrogens (primary N) is 1. The average molecular weight is 238 g/mol. The fourth-order valence-corrected chi connectivity index (χ4v) is 3.71. The highest BCUT2D eigenvalue weighted by atomic mass is 14.7. The van der Waals surface area contributed by atoms with E-state index in [9.17, 15) is 0 Å². The van der Waals surface area contributed by atoms with Crippen molar-refractivity contribution in [3.8, 4) is 0 Å². The molecule has 92 valence electrons. The molecule has 1 heterocycles. The van der Waals surface area contributed by atoms with Gasteiger partial charge >= 0.3 is 0 Å². The molecular formula is C16H18N2. The smallest absolute Gasteiger partial charge is 0.0346 e. The molecule has 0 radical (unpaired) electrons. The van der Waals surface area contributed by atoms with E-state index in [0.29, 0.717) is 5.92 Å². The van der Waals surface area contributed by atoms with Gasteiger partial charge in [-0.15, -0.1) is 0 Å². The zero-order valence-corrected chi connectivity index (χ0v) is 10.4. The van der Waals surface area contributed by atoms with Crippen LogP contribution in [0.2, 0.25) is 0 Å². The van der Waals surface area contributed by atoms with Gasteiger partial charge in [-0.2, -0.15) is 0 Å². The lowest BCUT2D eigenvalue weighted by atomic mass is 9.88. The number of fused-ring (bicyclic) bond motifs is 2. The number of hydrogen-bond acceptors (Lipinski definition) is 2. The summed E-state index contributed by atoms with van der Waals surface area (Å²) in [6.45, 7) is 0. The Morgan fingerprint density at radius 2 is 1.83 bits per heavy atom. The van der Waals surface area contributed by atoms with E-state index in [1.165, 1.54) is 35.6 Å². The number of benzene rings is 1. The SMILES string of the molecule is NC(c1cncc2ccccc12)C1CC2CC2C1. The molecule has 2 aliphatic carbocycles. The summed E-state index contributed by atoms with van der Waals surface area (Å²) in [6.07, 6.45) is 8.01. The number of rotatable bonds is 2. The first-order chi connectivity index (χ1) is 8.83. The van der Waals surface area contributed by atoms with Crippen molar-refractivity contribution in [3.05, 3.63) is 42.2 Å². The molecule has 2 aromatic rings. The Kier molecular flexibility index (Phi) is 2.21. The van der Waals surface area contributed by atoms with Gasteiger partial charge in [-0.1, -0.05) is 24.3 Å². The topological polar surface area (TPSA) is 38.9 Å². The molecule has 18 heavy (non-hydrogen) atoms. The zero-order chi connectivity index (χ0) is 12.1. The van der Waals surface area contributed by atoms with Gasteiger partial charge < -0.3 is 5.73 Å². The minimum Gasteiger partial charge on any atom is -0.324 e. The second-order valence-corrected chi connectivity index (χ2v) is 5.96. The first kappa shape index (κ1) is 10.5. The van der Waals surface area contributed by atoms with Crippen LogP contribution in [0.1, 0.15) is 30.9 Å². The maximum absolute atomic E-state index is 6.51. The lowest BCUT2D eigenvalue weighted by molar-refractivity contribution is 0.405. The monoisotopic (exact) mass is 238 g/mol. The van der Waals surface area contributed by atoms with Crippen LogP contribution >= 0.6 is 0 Å². The molecule has 0 amide bonds. The molecule has 0 saturated heterocycles. The standard InChI is InChI=1S/C16H18N2/c17-16(13-6-11-5-12(11)7-13)15-9-18-8-10-3-1-2-4-14(10)15/h1-4,8-9,11-13,16H,5-7,17H2. The molecule has 0 bridgehead atoms. The van der Waals surface area contributed by atoms with Gasteiger partial charge in [0.05, 0.1) is 0 Å². The van der Waals surface area contributed by atoms with E-state index in [1.54, 1.807) is 0 Å². The van der Waals surface area contributed by atoms with E-state index in [2.05, 4.69) is 29.2 Å². The zero-order valence-electron chi connectivity index (χ0n) is 10.4. The van der Waals surface area contributed by atoms with Crippen LogP contribution in [0.4, 0.5) is 0 Å². The summed E-state index contributed by atoms with van der Waals surface area (Å²) in [6, 6.07) is 8.60. The van der Waals surface area contributed by atoms with Crippen molar-refractivity contribution in [1.29, 1.82) is 0 Å². The van der Waals surface area contributed by atoms with Gasteiger partial charge in [0.2, 0.25) is 0 Å². The van der Waals surface area contributed by atoms with Crippen LogP contribution in [0.25, 0.3) is 10.8 Å². The largest absolute Gasteiger partial charge is 0.324 e. The molecule has 3 atom stereocenters. The second-order valence-electron chi connectivity index (χ2n) is 5.96. The Hall–Kier alpha value is -1.41. The summed E-state index contributed by atoms with van der Waals surface area (Å²) in [5, 5.41) is 2.48. The van der Waals surface area contributed by atoms with E-state index < -0.39 is 0 Å². The molecule has 2 N–H and O–H groups in total. The highest BCUT2D eigenvalue weighted by molar-refractivity contribution is 5.85. The number of nitrogens with zero attached hydrogens (tertiary/aromatic N) is 1. The summed E-state index contributed by atoms with van der Waals surface area (Å²) in [5.74, 6) is 2.65. The quantitative estimate of drug-likeness (QED) is 0.872. The molecule has 2 nitrogen and oxygen atoms in total.